The first kappa shape index (κ1) is 13.8. The lowest BCUT2D eigenvalue weighted by Gasteiger charge is -2.12. The van der Waals surface area contributed by atoms with Crippen LogP contribution < -0.4 is 5.32 Å². The van der Waals surface area contributed by atoms with Crippen LogP contribution in [0.4, 0.5) is 5.82 Å². The first-order chi connectivity index (χ1) is 9.70. The van der Waals surface area contributed by atoms with E-state index < -0.39 is 0 Å². The predicted molar refractivity (Wildman–Crippen MR) is 86.3 cm³/mol. The number of halogens is 2. The van der Waals surface area contributed by atoms with E-state index in [9.17, 15) is 0 Å². The van der Waals surface area contributed by atoms with Crippen LogP contribution in [-0.2, 0) is 0 Å². The number of anilines is 1. The largest absolute Gasteiger partial charge is 0.369 e. The van der Waals surface area contributed by atoms with Crippen molar-refractivity contribution in [2.75, 3.05) is 11.9 Å². The highest BCUT2D eigenvalue weighted by Gasteiger charge is 2.29. The third-order valence-corrected chi connectivity index (χ3v) is 4.41. The van der Waals surface area contributed by atoms with E-state index in [0.29, 0.717) is 16.8 Å². The highest BCUT2D eigenvalue weighted by atomic mass is 79.9. The van der Waals surface area contributed by atoms with Gasteiger partial charge in [0.15, 0.2) is 5.82 Å². The Labute approximate surface area is 131 Å². The van der Waals surface area contributed by atoms with Crippen LogP contribution in [0.1, 0.15) is 31.4 Å². The van der Waals surface area contributed by atoms with Gasteiger partial charge in [-0.1, -0.05) is 23.7 Å². The topological polar surface area (TPSA) is 37.8 Å². The van der Waals surface area contributed by atoms with E-state index >= 15 is 0 Å². The van der Waals surface area contributed by atoms with E-state index in [1.165, 1.54) is 12.8 Å². The second-order valence-corrected chi connectivity index (χ2v) is 6.08. The molecule has 104 valence electrons. The Bertz CT molecular complexity index is 641. The van der Waals surface area contributed by atoms with Crippen molar-refractivity contribution in [1.29, 1.82) is 0 Å². The van der Waals surface area contributed by atoms with Gasteiger partial charge in [0, 0.05) is 18.0 Å². The molecular formula is C15H15BrClN3. The Morgan fingerprint density at radius 3 is 2.70 bits per heavy atom. The van der Waals surface area contributed by atoms with Gasteiger partial charge in [0.1, 0.15) is 5.82 Å². The number of aromatic nitrogens is 2. The lowest BCUT2D eigenvalue weighted by molar-refractivity contribution is 0.974. The van der Waals surface area contributed by atoms with Crippen LogP contribution in [0.3, 0.4) is 0 Å². The van der Waals surface area contributed by atoms with Gasteiger partial charge in [0.2, 0.25) is 0 Å². The number of benzene rings is 1. The van der Waals surface area contributed by atoms with Crippen molar-refractivity contribution in [3.63, 3.8) is 0 Å². The third-order valence-electron chi connectivity index (χ3n) is 3.30. The van der Waals surface area contributed by atoms with Crippen LogP contribution in [0.25, 0.3) is 11.4 Å². The van der Waals surface area contributed by atoms with E-state index in [-0.39, 0.29) is 0 Å². The normalized spacial score (nSPS) is 14.3. The molecule has 20 heavy (non-hydrogen) atoms. The van der Waals surface area contributed by atoms with Crippen LogP contribution in [-0.4, -0.2) is 16.5 Å². The molecule has 5 heteroatoms. The van der Waals surface area contributed by atoms with Gasteiger partial charge in [-0.2, -0.15) is 0 Å². The highest BCUT2D eigenvalue weighted by molar-refractivity contribution is 9.10. The van der Waals surface area contributed by atoms with Crippen LogP contribution in [0.15, 0.2) is 28.7 Å². The summed E-state index contributed by atoms with van der Waals surface area (Å²) in [7, 11) is 0. The van der Waals surface area contributed by atoms with Gasteiger partial charge in [0.25, 0.3) is 0 Å². The average molecular weight is 353 g/mol. The maximum Gasteiger partial charge on any atom is 0.163 e. The van der Waals surface area contributed by atoms with E-state index in [1.807, 2.05) is 24.3 Å². The fourth-order valence-electron chi connectivity index (χ4n) is 2.14. The van der Waals surface area contributed by atoms with Crippen molar-refractivity contribution in [2.45, 2.75) is 25.7 Å². The molecule has 3 nitrogen and oxygen atoms in total. The highest BCUT2D eigenvalue weighted by Crippen LogP contribution is 2.44. The maximum atomic E-state index is 6.26. The Balaban J connectivity index is 2.13. The van der Waals surface area contributed by atoms with E-state index in [0.717, 1.165) is 28.1 Å². The van der Waals surface area contributed by atoms with Gasteiger partial charge in [-0.05, 0) is 47.8 Å². The quantitative estimate of drug-likeness (QED) is 0.853. The molecule has 0 bridgehead atoms. The summed E-state index contributed by atoms with van der Waals surface area (Å²) in [5.74, 6) is 2.09. The fraction of sp³-hybridized carbons (Fsp3) is 0.333. The molecule has 1 fully saturated rings. The zero-order chi connectivity index (χ0) is 14.1. The maximum absolute atomic E-state index is 6.26. The molecule has 0 amide bonds. The summed E-state index contributed by atoms with van der Waals surface area (Å²) < 4.78 is 0.984. The molecule has 1 aliphatic carbocycles. The molecule has 1 aromatic carbocycles. The molecule has 3 rings (SSSR count). The van der Waals surface area contributed by atoms with E-state index in [2.05, 4.69) is 33.2 Å². The molecule has 1 N–H and O–H groups in total. The van der Waals surface area contributed by atoms with Crippen LogP contribution in [0.5, 0.6) is 0 Å². The molecule has 0 aliphatic heterocycles. The molecule has 1 aliphatic rings. The number of hydrogen-bond donors (Lipinski definition) is 1. The van der Waals surface area contributed by atoms with Crippen LogP contribution >= 0.6 is 27.5 Å². The summed E-state index contributed by atoms with van der Waals surface area (Å²) in [5.41, 5.74) is 1.97. The standard InChI is InChI=1S/C15H15BrClN3/c1-2-18-15-12(16)13(9-7-8-9)19-14(20-15)10-5-3-4-6-11(10)17/h3-6,9H,2,7-8H2,1H3,(H,18,19,20). The molecule has 0 spiro atoms. The van der Waals surface area contributed by atoms with Crippen molar-refractivity contribution in [1.82, 2.24) is 9.97 Å². The van der Waals surface area contributed by atoms with Gasteiger partial charge in [-0.15, -0.1) is 0 Å². The monoisotopic (exact) mass is 351 g/mol. The average Bonchev–Trinajstić information content (AvgIpc) is 3.26. The lowest BCUT2D eigenvalue weighted by atomic mass is 10.2. The van der Waals surface area contributed by atoms with Crippen molar-refractivity contribution in [2.24, 2.45) is 0 Å². The summed E-state index contributed by atoms with van der Waals surface area (Å²) >= 11 is 9.89. The SMILES string of the molecule is CCNc1nc(-c2ccccc2Cl)nc(C2CC2)c1Br. The fourth-order valence-corrected chi connectivity index (χ4v) is 3.00. The smallest absolute Gasteiger partial charge is 0.163 e. The number of hydrogen-bond acceptors (Lipinski definition) is 3. The Kier molecular flexibility index (Phi) is 3.94. The predicted octanol–water partition coefficient (Wildman–Crippen LogP) is 4.87. The number of nitrogens with zero attached hydrogens (tertiary/aromatic N) is 2. The molecule has 1 aromatic heterocycles. The minimum atomic E-state index is 0.547. The van der Waals surface area contributed by atoms with Gasteiger partial charge in [-0.25, -0.2) is 9.97 Å². The van der Waals surface area contributed by atoms with Crippen LogP contribution in [0.2, 0.25) is 5.02 Å². The van der Waals surface area contributed by atoms with Crippen LogP contribution in [0, 0.1) is 0 Å². The summed E-state index contributed by atoms with van der Waals surface area (Å²) in [6, 6.07) is 7.69. The summed E-state index contributed by atoms with van der Waals surface area (Å²) in [4.78, 5) is 9.34. The van der Waals surface area contributed by atoms with Gasteiger partial charge in [-0.3, -0.25) is 0 Å². The second kappa shape index (κ2) is 5.70. The Morgan fingerprint density at radius 1 is 1.30 bits per heavy atom. The number of rotatable bonds is 4. The molecule has 0 radical (unpaired) electrons. The van der Waals surface area contributed by atoms with Crippen molar-refractivity contribution >= 4 is 33.3 Å². The van der Waals surface area contributed by atoms with Crippen molar-refractivity contribution < 1.29 is 0 Å². The minimum Gasteiger partial charge on any atom is -0.369 e. The molecule has 1 saturated carbocycles. The molecule has 1 heterocycles. The summed E-state index contributed by atoms with van der Waals surface area (Å²) in [6.45, 7) is 2.88. The molecule has 2 aromatic rings. The zero-order valence-electron chi connectivity index (χ0n) is 11.2. The first-order valence-electron chi connectivity index (χ1n) is 6.77. The molecule has 0 atom stereocenters. The summed E-state index contributed by atoms with van der Waals surface area (Å²) in [5, 5.41) is 3.97. The summed E-state index contributed by atoms with van der Waals surface area (Å²) in [6.07, 6.45) is 2.40. The number of nitrogens with one attached hydrogen (secondary N) is 1. The van der Waals surface area contributed by atoms with Crippen molar-refractivity contribution in [3.8, 4) is 11.4 Å². The lowest BCUT2D eigenvalue weighted by Crippen LogP contribution is -2.06. The molecule has 0 saturated heterocycles. The van der Waals surface area contributed by atoms with Crippen molar-refractivity contribution in [3.05, 3.63) is 39.5 Å². The van der Waals surface area contributed by atoms with Gasteiger partial charge < -0.3 is 5.32 Å². The Morgan fingerprint density at radius 2 is 2.05 bits per heavy atom. The first-order valence-corrected chi connectivity index (χ1v) is 7.94. The van der Waals surface area contributed by atoms with Gasteiger partial charge >= 0.3 is 0 Å². The zero-order valence-corrected chi connectivity index (χ0v) is 13.5. The Hall–Kier alpha value is -1.13. The minimum absolute atomic E-state index is 0.547. The third kappa shape index (κ3) is 2.67. The molecular weight excluding hydrogens is 338 g/mol. The van der Waals surface area contributed by atoms with Gasteiger partial charge in [0.05, 0.1) is 15.2 Å². The molecule has 0 unspecified atom stereocenters. The second-order valence-electron chi connectivity index (χ2n) is 4.88. The van der Waals surface area contributed by atoms with E-state index in [4.69, 9.17) is 16.6 Å². The van der Waals surface area contributed by atoms with E-state index in [1.54, 1.807) is 0 Å².